The second kappa shape index (κ2) is 8.74. The summed E-state index contributed by atoms with van der Waals surface area (Å²) in [6.07, 6.45) is 3.77. The summed E-state index contributed by atoms with van der Waals surface area (Å²) in [5.74, 6) is -0.790. The number of aromatic nitrogens is 2. The number of fused-ring (bicyclic) bond motifs is 1. The fourth-order valence-corrected chi connectivity index (χ4v) is 3.88. The van der Waals surface area contributed by atoms with E-state index in [-0.39, 0.29) is 30.7 Å². The number of nitrogens with zero attached hydrogens (tertiary/aromatic N) is 3. The van der Waals surface area contributed by atoms with Crippen LogP contribution < -0.4 is 5.32 Å². The molecule has 32 heavy (non-hydrogen) atoms. The number of benzene rings is 2. The second-order valence-corrected chi connectivity index (χ2v) is 7.87. The van der Waals surface area contributed by atoms with Gasteiger partial charge in [-0.1, -0.05) is 23.8 Å². The number of carbonyl (C=O) groups excluding carboxylic acids is 3. The normalized spacial score (nSPS) is 13.9. The molecule has 0 radical (unpaired) electrons. The molecule has 1 aliphatic rings. The van der Waals surface area contributed by atoms with Gasteiger partial charge in [0.2, 0.25) is 5.91 Å². The summed E-state index contributed by atoms with van der Waals surface area (Å²) < 4.78 is 15.5. The summed E-state index contributed by atoms with van der Waals surface area (Å²) >= 11 is 0. The molecule has 1 aliphatic heterocycles. The topological polar surface area (TPSA) is 84.3 Å². The first-order valence-corrected chi connectivity index (χ1v) is 10.3. The van der Waals surface area contributed by atoms with Crippen LogP contribution in [0.2, 0.25) is 0 Å². The molecule has 0 spiro atoms. The van der Waals surface area contributed by atoms with Crippen LogP contribution in [0.25, 0.3) is 0 Å². The van der Waals surface area contributed by atoms with Crippen molar-refractivity contribution in [2.75, 3.05) is 6.54 Å². The summed E-state index contributed by atoms with van der Waals surface area (Å²) in [7, 11) is 1.80. The van der Waals surface area contributed by atoms with Gasteiger partial charge in [0.15, 0.2) is 0 Å². The Bertz CT molecular complexity index is 1200. The zero-order chi connectivity index (χ0) is 22.8. The molecule has 2 heterocycles. The molecule has 4 rings (SSSR count). The third kappa shape index (κ3) is 4.16. The fourth-order valence-electron chi connectivity index (χ4n) is 3.88. The molecule has 164 valence electrons. The first-order chi connectivity index (χ1) is 15.3. The lowest BCUT2D eigenvalue weighted by atomic mass is 10.1. The lowest BCUT2D eigenvalue weighted by Gasteiger charge is -2.20. The van der Waals surface area contributed by atoms with E-state index in [1.165, 1.54) is 17.0 Å². The minimum Gasteiger partial charge on any atom is -0.342 e. The van der Waals surface area contributed by atoms with Crippen molar-refractivity contribution in [2.24, 2.45) is 7.05 Å². The number of rotatable bonds is 7. The molecule has 7 nitrogen and oxygen atoms in total. The molecule has 3 aromatic rings. The Balaban J connectivity index is 1.41. The van der Waals surface area contributed by atoms with E-state index >= 15 is 0 Å². The average molecular weight is 434 g/mol. The highest BCUT2D eigenvalue weighted by atomic mass is 19.1. The maximum Gasteiger partial charge on any atom is 0.261 e. The van der Waals surface area contributed by atoms with E-state index < -0.39 is 11.9 Å². The molecular weight excluding hydrogens is 411 g/mol. The predicted octanol–water partition coefficient (Wildman–Crippen LogP) is 3.15. The largest absolute Gasteiger partial charge is 0.342 e. The monoisotopic (exact) mass is 434 g/mol. The van der Waals surface area contributed by atoms with Crippen LogP contribution in [0.5, 0.6) is 0 Å². The smallest absolute Gasteiger partial charge is 0.261 e. The summed E-state index contributed by atoms with van der Waals surface area (Å²) in [5, 5.41) is 2.90. The van der Waals surface area contributed by atoms with Crippen molar-refractivity contribution in [3.8, 4) is 0 Å². The van der Waals surface area contributed by atoms with Gasteiger partial charge >= 0.3 is 0 Å². The average Bonchev–Trinajstić information content (AvgIpc) is 3.28. The molecular formula is C24H23FN4O3. The zero-order valence-corrected chi connectivity index (χ0v) is 17.8. The molecule has 0 saturated carbocycles. The van der Waals surface area contributed by atoms with Crippen LogP contribution in [0.1, 0.15) is 56.6 Å². The Morgan fingerprint density at radius 3 is 2.62 bits per heavy atom. The fraction of sp³-hybridized carbons (Fsp3) is 0.250. The van der Waals surface area contributed by atoms with Gasteiger partial charge in [0.25, 0.3) is 11.8 Å². The van der Waals surface area contributed by atoms with Gasteiger partial charge in [-0.25, -0.2) is 9.37 Å². The SMILES string of the molecule is Cc1ccc2c(c1)C(=O)N(CCCC(=O)N[C@@H](c1cccc(F)c1)c1nccn1C)C2=O. The highest BCUT2D eigenvalue weighted by molar-refractivity contribution is 6.21. The van der Waals surface area contributed by atoms with Crippen molar-refractivity contribution in [2.45, 2.75) is 25.8 Å². The van der Waals surface area contributed by atoms with Gasteiger partial charge in [0.1, 0.15) is 17.7 Å². The molecule has 0 saturated heterocycles. The number of hydrogen-bond donors (Lipinski definition) is 1. The molecule has 1 atom stereocenters. The van der Waals surface area contributed by atoms with Gasteiger partial charge in [0, 0.05) is 32.4 Å². The maximum atomic E-state index is 13.8. The highest BCUT2D eigenvalue weighted by Gasteiger charge is 2.35. The van der Waals surface area contributed by atoms with E-state index in [4.69, 9.17) is 0 Å². The number of aryl methyl sites for hydroxylation is 2. The number of halogens is 1. The zero-order valence-electron chi connectivity index (χ0n) is 17.8. The molecule has 0 bridgehead atoms. The van der Waals surface area contributed by atoms with Gasteiger partial charge in [0.05, 0.1) is 11.1 Å². The van der Waals surface area contributed by atoms with Crippen molar-refractivity contribution in [3.63, 3.8) is 0 Å². The Morgan fingerprint density at radius 1 is 1.12 bits per heavy atom. The molecule has 0 aliphatic carbocycles. The molecule has 1 N–H and O–H groups in total. The Labute approximate surface area is 184 Å². The molecule has 0 unspecified atom stereocenters. The molecule has 0 fully saturated rings. The van der Waals surface area contributed by atoms with Gasteiger partial charge in [-0.15, -0.1) is 0 Å². The van der Waals surface area contributed by atoms with Crippen molar-refractivity contribution in [1.29, 1.82) is 0 Å². The maximum absolute atomic E-state index is 13.8. The number of hydrogen-bond acceptors (Lipinski definition) is 4. The number of carbonyl (C=O) groups is 3. The lowest BCUT2D eigenvalue weighted by molar-refractivity contribution is -0.121. The van der Waals surface area contributed by atoms with Crippen LogP contribution in [0.4, 0.5) is 4.39 Å². The van der Waals surface area contributed by atoms with E-state index in [0.717, 1.165) is 5.56 Å². The minimum atomic E-state index is -0.625. The number of imidazole rings is 1. The van der Waals surface area contributed by atoms with Crippen LogP contribution in [-0.4, -0.2) is 38.7 Å². The van der Waals surface area contributed by atoms with Gasteiger partial charge in [-0.05, 0) is 43.2 Å². The van der Waals surface area contributed by atoms with Crippen molar-refractivity contribution < 1.29 is 18.8 Å². The Morgan fingerprint density at radius 2 is 1.91 bits per heavy atom. The first kappa shape index (κ1) is 21.4. The molecule has 3 amide bonds. The van der Waals surface area contributed by atoms with E-state index in [1.54, 1.807) is 54.3 Å². The number of amides is 3. The van der Waals surface area contributed by atoms with Gasteiger partial charge in [-0.3, -0.25) is 19.3 Å². The second-order valence-electron chi connectivity index (χ2n) is 7.87. The minimum absolute atomic E-state index is 0.0999. The summed E-state index contributed by atoms with van der Waals surface area (Å²) in [6, 6.07) is 10.5. The highest BCUT2D eigenvalue weighted by Crippen LogP contribution is 2.25. The first-order valence-electron chi connectivity index (χ1n) is 10.3. The molecule has 1 aromatic heterocycles. The summed E-state index contributed by atoms with van der Waals surface area (Å²) in [6.45, 7) is 2.01. The third-order valence-electron chi connectivity index (χ3n) is 5.52. The van der Waals surface area contributed by atoms with Crippen LogP contribution in [0.15, 0.2) is 54.9 Å². The molecule has 2 aromatic carbocycles. The van der Waals surface area contributed by atoms with Crippen LogP contribution in [-0.2, 0) is 11.8 Å². The van der Waals surface area contributed by atoms with Crippen molar-refractivity contribution in [3.05, 3.63) is 88.8 Å². The lowest BCUT2D eigenvalue weighted by Crippen LogP contribution is -2.33. The number of imide groups is 1. The number of nitrogens with one attached hydrogen (secondary N) is 1. The summed E-state index contributed by atoms with van der Waals surface area (Å²) in [4.78, 5) is 43.3. The van der Waals surface area contributed by atoms with E-state index in [0.29, 0.717) is 28.9 Å². The van der Waals surface area contributed by atoms with Crippen LogP contribution in [0, 0.1) is 12.7 Å². The van der Waals surface area contributed by atoms with Crippen molar-refractivity contribution in [1.82, 2.24) is 19.8 Å². The standard InChI is InChI=1S/C24H23FN4O3/c1-15-8-9-18-19(13-15)24(32)29(23(18)31)11-4-7-20(30)27-21(22-26-10-12-28(22)2)16-5-3-6-17(25)14-16/h3,5-6,8-10,12-14,21H,4,7,11H2,1-2H3,(H,27,30)/t21-/m0/s1. The third-order valence-corrected chi connectivity index (χ3v) is 5.52. The van der Waals surface area contributed by atoms with Crippen molar-refractivity contribution >= 4 is 17.7 Å². The van der Waals surface area contributed by atoms with E-state index in [1.807, 2.05) is 6.92 Å². The van der Waals surface area contributed by atoms with Crippen LogP contribution >= 0.6 is 0 Å². The van der Waals surface area contributed by atoms with Gasteiger partial charge in [-0.2, -0.15) is 0 Å². The Hall–Kier alpha value is -3.81. The molecule has 8 heteroatoms. The Kier molecular flexibility index (Phi) is 5.85. The quantitative estimate of drug-likeness (QED) is 0.579. The predicted molar refractivity (Wildman–Crippen MR) is 115 cm³/mol. The van der Waals surface area contributed by atoms with Gasteiger partial charge < -0.3 is 9.88 Å². The van der Waals surface area contributed by atoms with E-state index in [9.17, 15) is 18.8 Å². The van der Waals surface area contributed by atoms with E-state index in [2.05, 4.69) is 10.3 Å². The van der Waals surface area contributed by atoms with Crippen LogP contribution in [0.3, 0.4) is 0 Å². The summed E-state index contributed by atoms with van der Waals surface area (Å²) in [5.41, 5.74) is 2.28.